The summed E-state index contributed by atoms with van der Waals surface area (Å²) in [4.78, 5) is 14.0. The Bertz CT molecular complexity index is 418. The van der Waals surface area contributed by atoms with E-state index in [1.54, 1.807) is 0 Å². The SMILES string of the molecule is NC(=O)C(N)(CCN1CCOCC1)c1ccccc1. The zero-order valence-corrected chi connectivity index (χ0v) is 11.0. The number of ether oxygens (including phenoxy) is 1. The van der Waals surface area contributed by atoms with Crippen LogP contribution >= 0.6 is 0 Å². The average Bonchev–Trinajstić information content (AvgIpc) is 2.46. The molecule has 5 heteroatoms. The fourth-order valence-corrected chi connectivity index (χ4v) is 2.30. The van der Waals surface area contributed by atoms with Crippen LogP contribution in [-0.2, 0) is 15.1 Å². The normalized spacial score (nSPS) is 19.8. The van der Waals surface area contributed by atoms with E-state index in [-0.39, 0.29) is 0 Å². The van der Waals surface area contributed by atoms with E-state index in [9.17, 15) is 4.79 Å². The molecule has 1 aliphatic heterocycles. The van der Waals surface area contributed by atoms with Crippen LogP contribution in [0.3, 0.4) is 0 Å². The van der Waals surface area contributed by atoms with Crippen molar-refractivity contribution in [3.63, 3.8) is 0 Å². The van der Waals surface area contributed by atoms with Gasteiger partial charge >= 0.3 is 0 Å². The second-order valence-corrected chi connectivity index (χ2v) is 4.91. The predicted octanol–water partition coefficient (Wildman–Crippen LogP) is 0.0482. The molecule has 0 aromatic heterocycles. The zero-order valence-electron chi connectivity index (χ0n) is 11.0. The van der Waals surface area contributed by atoms with Gasteiger partial charge in [-0.2, -0.15) is 0 Å². The molecule has 1 aromatic carbocycles. The third-order valence-electron chi connectivity index (χ3n) is 3.65. The van der Waals surface area contributed by atoms with Gasteiger partial charge in [0.25, 0.3) is 0 Å². The van der Waals surface area contributed by atoms with Crippen molar-refractivity contribution in [2.45, 2.75) is 12.0 Å². The molecular formula is C14H21N3O2. The van der Waals surface area contributed by atoms with Crippen LogP contribution in [0.5, 0.6) is 0 Å². The van der Waals surface area contributed by atoms with Crippen molar-refractivity contribution in [2.24, 2.45) is 11.5 Å². The van der Waals surface area contributed by atoms with Gasteiger partial charge in [0.2, 0.25) is 5.91 Å². The predicted molar refractivity (Wildman–Crippen MR) is 73.4 cm³/mol. The minimum absolute atomic E-state index is 0.480. The Balaban J connectivity index is 2.05. The van der Waals surface area contributed by atoms with Gasteiger partial charge in [0.05, 0.1) is 13.2 Å². The van der Waals surface area contributed by atoms with Crippen LogP contribution in [0, 0.1) is 0 Å². The lowest BCUT2D eigenvalue weighted by atomic mass is 9.86. The Hall–Kier alpha value is -1.43. The lowest BCUT2D eigenvalue weighted by molar-refractivity contribution is -0.124. The summed E-state index contributed by atoms with van der Waals surface area (Å²) in [5.74, 6) is -0.480. The maximum absolute atomic E-state index is 11.7. The molecule has 1 fully saturated rings. The molecule has 5 nitrogen and oxygen atoms in total. The number of amides is 1. The molecule has 0 radical (unpaired) electrons. The van der Waals surface area contributed by atoms with Gasteiger partial charge in [-0.3, -0.25) is 9.69 Å². The van der Waals surface area contributed by atoms with E-state index >= 15 is 0 Å². The van der Waals surface area contributed by atoms with E-state index in [1.165, 1.54) is 0 Å². The summed E-state index contributed by atoms with van der Waals surface area (Å²) in [6.45, 7) is 3.98. The molecule has 1 atom stereocenters. The van der Waals surface area contributed by atoms with E-state index in [4.69, 9.17) is 16.2 Å². The van der Waals surface area contributed by atoms with Crippen molar-refractivity contribution in [2.75, 3.05) is 32.8 Å². The lowest BCUT2D eigenvalue weighted by Crippen LogP contribution is -2.51. The minimum Gasteiger partial charge on any atom is -0.379 e. The quantitative estimate of drug-likeness (QED) is 0.786. The third kappa shape index (κ3) is 3.32. The Morgan fingerprint density at radius 1 is 1.26 bits per heavy atom. The van der Waals surface area contributed by atoms with Crippen LogP contribution in [0.15, 0.2) is 30.3 Å². The van der Waals surface area contributed by atoms with Gasteiger partial charge in [0.1, 0.15) is 5.54 Å². The maximum atomic E-state index is 11.7. The van der Waals surface area contributed by atoms with E-state index < -0.39 is 11.4 Å². The van der Waals surface area contributed by atoms with Crippen molar-refractivity contribution < 1.29 is 9.53 Å². The third-order valence-corrected chi connectivity index (χ3v) is 3.65. The molecule has 1 heterocycles. The zero-order chi connectivity index (χ0) is 13.7. The number of benzene rings is 1. The first-order valence-corrected chi connectivity index (χ1v) is 6.57. The van der Waals surface area contributed by atoms with Gasteiger partial charge in [-0.15, -0.1) is 0 Å². The van der Waals surface area contributed by atoms with E-state index in [0.29, 0.717) is 6.42 Å². The fourth-order valence-electron chi connectivity index (χ4n) is 2.30. The van der Waals surface area contributed by atoms with E-state index in [2.05, 4.69) is 4.90 Å². The molecule has 0 bridgehead atoms. The highest BCUT2D eigenvalue weighted by Gasteiger charge is 2.34. The van der Waals surface area contributed by atoms with Crippen molar-refractivity contribution in [3.05, 3.63) is 35.9 Å². The summed E-state index contributed by atoms with van der Waals surface area (Å²) >= 11 is 0. The van der Waals surface area contributed by atoms with Crippen LogP contribution in [0.1, 0.15) is 12.0 Å². The number of hydrogen-bond acceptors (Lipinski definition) is 4. The molecule has 0 spiro atoms. The Kier molecular flexibility index (Phi) is 4.52. The van der Waals surface area contributed by atoms with Gasteiger partial charge in [-0.05, 0) is 12.0 Å². The van der Waals surface area contributed by atoms with Gasteiger partial charge in [-0.1, -0.05) is 30.3 Å². The van der Waals surface area contributed by atoms with Gasteiger partial charge in [0, 0.05) is 19.6 Å². The molecule has 0 aliphatic carbocycles. The molecule has 4 N–H and O–H groups in total. The first kappa shape index (κ1) is 14.0. The summed E-state index contributed by atoms with van der Waals surface area (Å²) in [7, 11) is 0. The number of primary amides is 1. The second-order valence-electron chi connectivity index (χ2n) is 4.91. The summed E-state index contributed by atoms with van der Waals surface area (Å²) in [5.41, 5.74) is 11.4. The molecule has 2 rings (SSSR count). The molecule has 104 valence electrons. The number of carbonyl (C=O) groups excluding carboxylic acids is 1. The number of nitrogens with zero attached hydrogens (tertiary/aromatic N) is 1. The summed E-state index contributed by atoms with van der Waals surface area (Å²) < 4.78 is 5.30. The Morgan fingerprint density at radius 3 is 2.47 bits per heavy atom. The van der Waals surface area contributed by atoms with Gasteiger partial charge in [0.15, 0.2) is 0 Å². The number of nitrogens with two attached hydrogens (primary N) is 2. The largest absolute Gasteiger partial charge is 0.379 e. The molecule has 1 amide bonds. The molecule has 1 unspecified atom stereocenters. The maximum Gasteiger partial charge on any atom is 0.242 e. The van der Waals surface area contributed by atoms with Crippen molar-refractivity contribution >= 4 is 5.91 Å². The number of hydrogen-bond donors (Lipinski definition) is 2. The standard InChI is InChI=1S/C14H21N3O2/c15-13(18)14(16,12-4-2-1-3-5-12)6-7-17-8-10-19-11-9-17/h1-5H,6-11,16H2,(H2,15,18). The number of morpholine rings is 1. The Labute approximate surface area is 113 Å². The highest BCUT2D eigenvalue weighted by Crippen LogP contribution is 2.22. The first-order valence-electron chi connectivity index (χ1n) is 6.57. The van der Waals surface area contributed by atoms with Crippen LogP contribution in [-0.4, -0.2) is 43.7 Å². The average molecular weight is 263 g/mol. The van der Waals surface area contributed by atoms with Crippen LogP contribution < -0.4 is 11.5 Å². The smallest absolute Gasteiger partial charge is 0.242 e. The fraction of sp³-hybridized carbons (Fsp3) is 0.500. The van der Waals surface area contributed by atoms with E-state index in [0.717, 1.165) is 38.4 Å². The topological polar surface area (TPSA) is 81.6 Å². The van der Waals surface area contributed by atoms with Crippen LogP contribution in [0.2, 0.25) is 0 Å². The monoisotopic (exact) mass is 263 g/mol. The lowest BCUT2D eigenvalue weighted by Gasteiger charge is -2.32. The first-order chi connectivity index (χ1) is 9.13. The van der Waals surface area contributed by atoms with Crippen LogP contribution in [0.25, 0.3) is 0 Å². The van der Waals surface area contributed by atoms with Gasteiger partial charge in [-0.25, -0.2) is 0 Å². The summed E-state index contributed by atoms with van der Waals surface area (Å²) in [6.07, 6.45) is 0.520. The number of rotatable bonds is 5. The molecule has 1 saturated heterocycles. The van der Waals surface area contributed by atoms with E-state index in [1.807, 2.05) is 30.3 Å². The van der Waals surface area contributed by atoms with Crippen LogP contribution in [0.4, 0.5) is 0 Å². The second kappa shape index (κ2) is 6.14. The minimum atomic E-state index is -1.10. The molecule has 0 saturated carbocycles. The van der Waals surface area contributed by atoms with Crippen molar-refractivity contribution in [3.8, 4) is 0 Å². The molecule has 1 aromatic rings. The Morgan fingerprint density at radius 2 is 1.89 bits per heavy atom. The summed E-state index contributed by atoms with van der Waals surface area (Å²) in [6, 6.07) is 9.34. The van der Waals surface area contributed by atoms with Gasteiger partial charge < -0.3 is 16.2 Å². The van der Waals surface area contributed by atoms with Crippen molar-refractivity contribution in [1.82, 2.24) is 4.90 Å². The highest BCUT2D eigenvalue weighted by atomic mass is 16.5. The van der Waals surface area contributed by atoms with Crippen molar-refractivity contribution in [1.29, 1.82) is 0 Å². The molecular weight excluding hydrogens is 242 g/mol. The highest BCUT2D eigenvalue weighted by molar-refractivity contribution is 5.85. The molecule has 1 aliphatic rings. The molecule has 19 heavy (non-hydrogen) atoms. The number of carbonyl (C=O) groups is 1. The summed E-state index contributed by atoms with van der Waals surface area (Å²) in [5, 5.41) is 0.